The van der Waals surface area contributed by atoms with Gasteiger partial charge >= 0.3 is 0 Å². The van der Waals surface area contributed by atoms with Gasteiger partial charge in [-0.25, -0.2) is 0 Å². The van der Waals surface area contributed by atoms with Crippen molar-refractivity contribution >= 4 is 0 Å². The summed E-state index contributed by atoms with van der Waals surface area (Å²) in [5.74, 6) is 0. The molecule has 0 aromatic carbocycles. The largest absolute Gasteiger partial charge is 0.376 e. The maximum absolute atomic E-state index is 9.85. The van der Waals surface area contributed by atoms with E-state index in [0.29, 0.717) is 0 Å². The number of aliphatic hydroxyl groups is 1. The highest BCUT2D eigenvalue weighted by molar-refractivity contribution is 4.84. The number of unbranched alkanes of at least 4 members (excludes halogenated alkanes) is 8. The molecule has 4 N–H and O–H groups in total. The van der Waals surface area contributed by atoms with Crippen LogP contribution < -0.4 is 19.7 Å². The van der Waals surface area contributed by atoms with E-state index in [1.54, 1.807) is 6.92 Å². The Labute approximate surface area is 143 Å². The molecule has 0 saturated heterocycles. The van der Waals surface area contributed by atoms with Crippen LogP contribution in [0.1, 0.15) is 91.9 Å². The van der Waals surface area contributed by atoms with Gasteiger partial charge in [-0.1, -0.05) is 78.6 Å². The van der Waals surface area contributed by atoms with Crippen molar-refractivity contribution in [2.75, 3.05) is 0 Å². The van der Waals surface area contributed by atoms with Crippen molar-refractivity contribution in [1.29, 1.82) is 0 Å². The van der Waals surface area contributed by atoms with Crippen LogP contribution in [-0.4, -0.2) is 15.5 Å². The molecular weight excluding hydrogens is 322 g/mol. The lowest BCUT2D eigenvalue weighted by atomic mass is 9.78. The topological polar surface area (TPSA) is 136 Å². The van der Waals surface area contributed by atoms with Gasteiger partial charge in [-0.05, 0) is 13.3 Å². The lowest BCUT2D eigenvalue weighted by Gasteiger charge is -2.37. The first-order chi connectivity index (χ1) is 10.3. The zero-order chi connectivity index (χ0) is 18.6. The summed E-state index contributed by atoms with van der Waals surface area (Å²) in [6.45, 7) is 8.07. The van der Waals surface area contributed by atoms with Crippen LogP contribution in [0.5, 0.6) is 0 Å². The molecule has 0 heterocycles. The first-order valence-electron chi connectivity index (χ1n) is 8.45. The summed E-state index contributed by atoms with van der Waals surface area (Å²) in [4.78, 5) is 0. The molecule has 142 valence electrons. The van der Waals surface area contributed by atoms with Crippen molar-refractivity contribution in [3.8, 4) is 0 Å². The van der Waals surface area contributed by atoms with Crippen LogP contribution in [0.15, 0.2) is 0 Å². The average Bonchev–Trinajstić information content (AvgIpc) is 2.33. The van der Waals surface area contributed by atoms with Gasteiger partial charge in [0.1, 0.15) is 5.72 Å². The maximum Gasteiger partial charge on any atom is 0.115 e. The molecule has 0 aliphatic heterocycles. The number of nitrogens with two attached hydrogens (primary N) is 1. The third kappa shape index (κ3) is 20.0. The van der Waals surface area contributed by atoms with Crippen LogP contribution in [0.3, 0.4) is 0 Å². The van der Waals surface area contributed by atoms with Crippen LogP contribution in [0.4, 0.5) is 0 Å². The van der Waals surface area contributed by atoms with Crippen LogP contribution in [0.25, 0.3) is 0 Å². The molecule has 0 bridgehead atoms. The Hall–Kier alpha value is 0.0500. The van der Waals surface area contributed by atoms with E-state index >= 15 is 0 Å². The fourth-order valence-electron chi connectivity index (χ4n) is 2.13. The van der Waals surface area contributed by atoms with E-state index in [0.717, 1.165) is 6.42 Å². The third-order valence-corrected chi connectivity index (χ3v) is 4.28. The predicted octanol–water partition coefficient (Wildman–Crippen LogP) is 0.477. The minimum atomic E-state index is -4.69. The Bertz CT molecular complexity index is 269. The summed E-state index contributed by atoms with van der Waals surface area (Å²) >= 11 is 0. The normalized spacial score (nSPS) is 14.9. The van der Waals surface area contributed by atoms with Crippen LogP contribution in [0.2, 0.25) is 0 Å². The Morgan fingerprint density at radius 1 is 0.826 bits per heavy atom. The van der Waals surface area contributed by atoms with Crippen molar-refractivity contribution in [2.45, 2.75) is 97.6 Å². The molecule has 0 spiro atoms. The fourth-order valence-corrected chi connectivity index (χ4v) is 2.13. The first kappa shape index (κ1) is 25.3. The highest BCUT2D eigenvalue weighted by Gasteiger charge is 2.34. The number of hydrogen-bond acceptors (Lipinski definition) is 6. The standard InChI is InChI=1S/C16H35NO.ClHO4/c1-5-6-7-8-9-10-11-12-13-14-15(2,3)16(4,17)18;2-1(3,4)5/h18H,5-14,17H2,1-4H3;(H,2,3,4,5). The lowest BCUT2D eigenvalue weighted by Crippen LogP contribution is -2.58. The molecule has 0 aromatic heterocycles. The van der Waals surface area contributed by atoms with Gasteiger partial charge in [0.25, 0.3) is 0 Å². The zero-order valence-corrected chi connectivity index (χ0v) is 15.9. The van der Waals surface area contributed by atoms with Crippen molar-refractivity contribution in [3.63, 3.8) is 0 Å². The van der Waals surface area contributed by atoms with Gasteiger partial charge in [0.05, 0.1) is 14.9 Å². The van der Waals surface area contributed by atoms with Crippen molar-refractivity contribution in [1.82, 2.24) is 0 Å². The minimum absolute atomic E-state index is 0.186. The Morgan fingerprint density at radius 3 is 1.43 bits per heavy atom. The highest BCUT2D eigenvalue weighted by Crippen LogP contribution is 2.32. The Kier molecular flexibility index (Phi) is 13.7. The molecule has 23 heavy (non-hydrogen) atoms. The van der Waals surface area contributed by atoms with Gasteiger partial charge in [-0.2, -0.15) is 14.0 Å². The van der Waals surface area contributed by atoms with Crippen LogP contribution in [0, 0.1) is 15.7 Å². The molecule has 6 nitrogen and oxygen atoms in total. The van der Waals surface area contributed by atoms with Crippen LogP contribution in [-0.2, 0) is 0 Å². The molecule has 1 unspecified atom stereocenters. The van der Waals surface area contributed by atoms with Crippen molar-refractivity contribution < 1.29 is 34.0 Å². The molecular formula is C16H36ClNO5. The predicted molar refractivity (Wildman–Crippen MR) is 82.7 cm³/mol. The van der Waals surface area contributed by atoms with Crippen molar-refractivity contribution in [3.05, 3.63) is 0 Å². The van der Waals surface area contributed by atoms with Gasteiger partial charge in [-0.15, -0.1) is 0 Å². The van der Waals surface area contributed by atoms with E-state index in [-0.39, 0.29) is 5.41 Å². The number of hydrogen-bond donors (Lipinski definition) is 3. The summed E-state index contributed by atoms with van der Waals surface area (Å²) in [7, 11) is -4.69. The van der Waals surface area contributed by atoms with Crippen LogP contribution >= 0.6 is 0 Å². The van der Waals surface area contributed by atoms with E-state index in [9.17, 15) is 5.11 Å². The van der Waals surface area contributed by atoms with E-state index in [1.807, 2.05) is 0 Å². The second kappa shape index (κ2) is 12.4. The molecule has 1 atom stereocenters. The van der Waals surface area contributed by atoms with E-state index in [1.165, 1.54) is 57.8 Å². The maximum atomic E-state index is 9.85. The summed E-state index contributed by atoms with van der Waals surface area (Å²) < 4.78 is 32.7. The second-order valence-electron chi connectivity index (χ2n) is 7.01. The molecule has 7 heteroatoms. The van der Waals surface area contributed by atoms with Gasteiger partial charge in [0.2, 0.25) is 0 Å². The quantitative estimate of drug-likeness (QED) is 0.363. The smallest absolute Gasteiger partial charge is 0.115 e. The summed E-state index contributed by atoms with van der Waals surface area (Å²) in [5.41, 5.74) is 4.53. The monoisotopic (exact) mass is 357 g/mol. The Morgan fingerprint density at radius 2 is 1.13 bits per heavy atom. The number of halogens is 1. The van der Waals surface area contributed by atoms with E-state index < -0.39 is 16.0 Å². The number of rotatable bonds is 11. The fraction of sp³-hybridized carbons (Fsp3) is 1.00. The van der Waals surface area contributed by atoms with Gasteiger partial charge in [0.15, 0.2) is 0 Å². The molecule has 0 aromatic rings. The summed E-state index contributed by atoms with van der Waals surface area (Å²) in [6, 6.07) is 0. The minimum Gasteiger partial charge on any atom is -0.376 e. The first-order valence-corrected chi connectivity index (χ1v) is 9.72. The zero-order valence-electron chi connectivity index (χ0n) is 15.1. The lowest BCUT2D eigenvalue weighted by molar-refractivity contribution is -1.92. The van der Waals surface area contributed by atoms with E-state index in [4.69, 9.17) is 24.4 Å². The average molecular weight is 358 g/mol. The molecule has 0 amide bonds. The highest BCUT2D eigenvalue weighted by atomic mass is 35.7. The molecule has 0 saturated carbocycles. The molecule has 0 aliphatic carbocycles. The Balaban J connectivity index is 0. The molecule has 0 aliphatic rings. The van der Waals surface area contributed by atoms with Gasteiger partial charge in [-0.3, -0.25) is 0 Å². The third-order valence-electron chi connectivity index (χ3n) is 4.28. The molecule has 0 fully saturated rings. The summed E-state index contributed by atoms with van der Waals surface area (Å²) in [6.07, 6.45) is 13.1. The SMILES string of the molecule is CCCCCCCCCCCC(C)(C)C(C)(N)O.[O-][Cl+3]([O-])([O-])O. The second-order valence-corrected chi connectivity index (χ2v) is 7.80. The van der Waals surface area contributed by atoms with E-state index in [2.05, 4.69) is 20.8 Å². The van der Waals surface area contributed by atoms with Crippen molar-refractivity contribution in [2.24, 2.45) is 11.1 Å². The molecule has 0 rings (SSSR count). The van der Waals surface area contributed by atoms with Gasteiger partial charge in [0, 0.05) is 5.41 Å². The van der Waals surface area contributed by atoms with Gasteiger partial charge < -0.3 is 10.8 Å². The summed E-state index contributed by atoms with van der Waals surface area (Å²) in [5, 5.41) is 9.85. The molecule has 0 radical (unpaired) electrons.